The molecule has 0 bridgehead atoms. The third kappa shape index (κ3) is 4.77. The van der Waals surface area contributed by atoms with Crippen LogP contribution in [0.25, 0.3) is 0 Å². The summed E-state index contributed by atoms with van der Waals surface area (Å²) in [6, 6.07) is 7.36. The van der Waals surface area contributed by atoms with Crippen LogP contribution in [-0.2, 0) is 16.0 Å². The number of piperazine rings is 1. The van der Waals surface area contributed by atoms with Crippen molar-refractivity contribution in [2.45, 2.75) is 25.9 Å². The van der Waals surface area contributed by atoms with E-state index >= 15 is 0 Å². The maximum atomic E-state index is 12.4. The van der Waals surface area contributed by atoms with Gasteiger partial charge in [0.1, 0.15) is 5.60 Å². The second-order valence-electron chi connectivity index (χ2n) is 6.26. The number of β-amino-alcohol motifs (C(OH)–C–C–N with tert-alkyl or cyclic N) is 1. The number of hydrogen-bond donors (Lipinski definition) is 1. The van der Waals surface area contributed by atoms with E-state index in [4.69, 9.17) is 11.6 Å². The topological polar surface area (TPSA) is 60.9 Å². The second kappa shape index (κ2) is 7.43. The smallest absolute Gasteiger partial charge is 0.227 e. The number of amides is 1. The Bertz CT molecular complexity index is 581. The summed E-state index contributed by atoms with van der Waals surface area (Å²) < 4.78 is 0. The third-order valence-corrected chi connectivity index (χ3v) is 4.68. The van der Waals surface area contributed by atoms with Crippen molar-refractivity contribution < 1.29 is 14.7 Å². The lowest BCUT2D eigenvalue weighted by molar-refractivity contribution is -0.138. The molecule has 0 spiro atoms. The summed E-state index contributed by atoms with van der Waals surface area (Å²) in [4.78, 5) is 27.6. The highest BCUT2D eigenvalue weighted by atomic mass is 35.5. The molecule has 126 valence electrons. The first-order valence-corrected chi connectivity index (χ1v) is 8.14. The van der Waals surface area contributed by atoms with Crippen LogP contribution in [0.1, 0.15) is 19.4 Å². The molecule has 1 saturated heterocycles. The Morgan fingerprint density at radius 3 is 2.39 bits per heavy atom. The molecule has 1 aliphatic rings. The first-order valence-electron chi connectivity index (χ1n) is 7.76. The number of carbonyl (C=O) groups is 2. The zero-order valence-electron chi connectivity index (χ0n) is 13.6. The Hall–Kier alpha value is -1.43. The zero-order chi connectivity index (χ0) is 17.0. The maximum absolute atomic E-state index is 12.4. The van der Waals surface area contributed by atoms with E-state index in [1.807, 2.05) is 28.0 Å². The molecule has 1 amide bonds. The molecule has 1 N–H and O–H groups in total. The molecule has 5 nitrogen and oxygen atoms in total. The highest BCUT2D eigenvalue weighted by Crippen LogP contribution is 2.17. The van der Waals surface area contributed by atoms with E-state index in [-0.39, 0.29) is 11.7 Å². The van der Waals surface area contributed by atoms with E-state index in [0.29, 0.717) is 44.2 Å². The fraction of sp³-hybridized carbons (Fsp3) is 0.529. The van der Waals surface area contributed by atoms with Gasteiger partial charge in [0.05, 0.1) is 6.42 Å². The Labute approximate surface area is 141 Å². The Kier molecular flexibility index (Phi) is 5.79. The summed E-state index contributed by atoms with van der Waals surface area (Å²) >= 11 is 6.09. The van der Waals surface area contributed by atoms with Crippen molar-refractivity contribution >= 4 is 23.3 Å². The van der Waals surface area contributed by atoms with Crippen LogP contribution in [0, 0.1) is 0 Å². The van der Waals surface area contributed by atoms with Crippen LogP contribution < -0.4 is 0 Å². The Balaban J connectivity index is 1.86. The molecular weight excluding hydrogens is 316 g/mol. The molecule has 23 heavy (non-hydrogen) atoms. The van der Waals surface area contributed by atoms with E-state index in [2.05, 4.69) is 0 Å². The monoisotopic (exact) mass is 338 g/mol. The fourth-order valence-electron chi connectivity index (χ4n) is 2.62. The van der Waals surface area contributed by atoms with Gasteiger partial charge in [0.25, 0.3) is 0 Å². The van der Waals surface area contributed by atoms with E-state index in [9.17, 15) is 14.7 Å². The van der Waals surface area contributed by atoms with Crippen molar-refractivity contribution in [3.8, 4) is 0 Å². The lowest BCUT2D eigenvalue weighted by Crippen LogP contribution is -2.54. The van der Waals surface area contributed by atoms with Gasteiger partial charge >= 0.3 is 0 Å². The van der Waals surface area contributed by atoms with Gasteiger partial charge in [-0.1, -0.05) is 29.8 Å². The number of hydrogen-bond acceptors (Lipinski definition) is 4. The summed E-state index contributed by atoms with van der Waals surface area (Å²) in [7, 11) is 0. The first kappa shape index (κ1) is 17.9. The molecule has 1 aromatic rings. The van der Waals surface area contributed by atoms with Gasteiger partial charge in [-0.3, -0.25) is 14.5 Å². The van der Waals surface area contributed by atoms with Crippen LogP contribution in [0.15, 0.2) is 24.3 Å². The minimum Gasteiger partial charge on any atom is -0.381 e. The van der Waals surface area contributed by atoms with Gasteiger partial charge in [0.2, 0.25) is 5.91 Å². The van der Waals surface area contributed by atoms with Crippen molar-refractivity contribution in [3.05, 3.63) is 34.9 Å². The average molecular weight is 339 g/mol. The number of ketones is 1. The Morgan fingerprint density at radius 1 is 1.22 bits per heavy atom. The van der Waals surface area contributed by atoms with Crippen molar-refractivity contribution in [2.75, 3.05) is 32.7 Å². The lowest BCUT2D eigenvalue weighted by Gasteiger charge is -2.37. The quantitative estimate of drug-likeness (QED) is 0.880. The van der Waals surface area contributed by atoms with Gasteiger partial charge in [-0.2, -0.15) is 0 Å². The predicted octanol–water partition coefficient (Wildman–Crippen LogP) is 1.37. The summed E-state index contributed by atoms with van der Waals surface area (Å²) in [5.74, 6) is -0.189. The van der Waals surface area contributed by atoms with E-state index in [0.717, 1.165) is 5.56 Å². The van der Waals surface area contributed by atoms with E-state index in [1.165, 1.54) is 13.8 Å². The number of Topliss-reactive ketones (excluding diaryl/α,β-unsaturated/α-hetero) is 1. The fourth-order valence-corrected chi connectivity index (χ4v) is 2.82. The summed E-state index contributed by atoms with van der Waals surface area (Å²) in [6.07, 6.45) is 0.296. The molecule has 1 heterocycles. The predicted molar refractivity (Wildman–Crippen MR) is 89.5 cm³/mol. The van der Waals surface area contributed by atoms with Crippen LogP contribution in [0.2, 0.25) is 5.02 Å². The van der Waals surface area contributed by atoms with E-state index in [1.54, 1.807) is 6.07 Å². The molecule has 0 aromatic heterocycles. The summed E-state index contributed by atoms with van der Waals surface area (Å²) in [6.45, 7) is 5.71. The third-order valence-electron chi connectivity index (χ3n) is 4.31. The number of nitrogens with zero attached hydrogens (tertiary/aromatic N) is 2. The molecule has 1 fully saturated rings. The van der Waals surface area contributed by atoms with Gasteiger partial charge < -0.3 is 10.0 Å². The normalized spacial score (nSPS) is 18.5. The van der Waals surface area contributed by atoms with Crippen LogP contribution in [-0.4, -0.2) is 64.9 Å². The molecule has 2 rings (SSSR count). The molecule has 0 saturated carbocycles. The lowest BCUT2D eigenvalue weighted by atomic mass is 10.0. The minimum atomic E-state index is -1.33. The van der Waals surface area contributed by atoms with Crippen molar-refractivity contribution in [2.24, 2.45) is 0 Å². The maximum Gasteiger partial charge on any atom is 0.227 e. The second-order valence-corrected chi connectivity index (χ2v) is 6.66. The van der Waals surface area contributed by atoms with Crippen LogP contribution in [0.5, 0.6) is 0 Å². The molecule has 0 aliphatic carbocycles. The molecule has 1 aliphatic heterocycles. The molecule has 1 unspecified atom stereocenters. The first-order chi connectivity index (χ1) is 10.8. The van der Waals surface area contributed by atoms with Gasteiger partial charge in [-0.05, 0) is 25.5 Å². The largest absolute Gasteiger partial charge is 0.381 e. The summed E-state index contributed by atoms with van der Waals surface area (Å²) in [5, 5.41) is 10.7. The number of aliphatic hydroxyl groups is 1. The summed E-state index contributed by atoms with van der Waals surface area (Å²) in [5.41, 5.74) is -0.495. The van der Waals surface area contributed by atoms with Crippen molar-refractivity contribution in [3.63, 3.8) is 0 Å². The highest BCUT2D eigenvalue weighted by Gasteiger charge is 2.31. The number of halogens is 1. The standard InChI is InChI=1S/C17H23ClN2O3/c1-13(21)17(2,23)12-19-7-9-20(10-8-19)16(22)11-14-5-3-4-6-15(14)18/h3-6,23H,7-12H2,1-2H3. The van der Waals surface area contributed by atoms with Crippen LogP contribution >= 0.6 is 11.6 Å². The van der Waals surface area contributed by atoms with Crippen LogP contribution in [0.3, 0.4) is 0 Å². The molecule has 1 atom stereocenters. The van der Waals surface area contributed by atoms with Crippen molar-refractivity contribution in [1.82, 2.24) is 9.80 Å². The molecular formula is C17H23ClN2O3. The molecule has 1 aromatic carbocycles. The molecule has 0 radical (unpaired) electrons. The van der Waals surface area contributed by atoms with Gasteiger partial charge in [0.15, 0.2) is 5.78 Å². The van der Waals surface area contributed by atoms with Crippen molar-refractivity contribution in [1.29, 1.82) is 0 Å². The van der Waals surface area contributed by atoms with Gasteiger partial charge in [-0.15, -0.1) is 0 Å². The number of rotatable bonds is 5. The van der Waals surface area contributed by atoms with E-state index < -0.39 is 5.60 Å². The number of benzene rings is 1. The highest BCUT2D eigenvalue weighted by molar-refractivity contribution is 6.31. The zero-order valence-corrected chi connectivity index (χ0v) is 14.3. The minimum absolute atomic E-state index is 0.0519. The van der Waals surface area contributed by atoms with Gasteiger partial charge in [0, 0.05) is 37.7 Å². The van der Waals surface area contributed by atoms with Crippen LogP contribution in [0.4, 0.5) is 0 Å². The SMILES string of the molecule is CC(=O)C(C)(O)CN1CCN(C(=O)Cc2ccccc2Cl)CC1. The molecule has 6 heteroatoms. The van der Waals surface area contributed by atoms with Gasteiger partial charge in [-0.25, -0.2) is 0 Å². The number of carbonyl (C=O) groups excluding carboxylic acids is 2. The Morgan fingerprint density at radius 2 is 1.83 bits per heavy atom. The average Bonchev–Trinajstić information content (AvgIpc) is 2.49.